The monoisotopic (exact) mass is 484 g/mol. The van der Waals surface area contributed by atoms with Crippen LogP contribution in [-0.2, 0) is 9.53 Å². The van der Waals surface area contributed by atoms with Crippen LogP contribution in [-0.4, -0.2) is 71.9 Å². The van der Waals surface area contributed by atoms with Crippen molar-refractivity contribution in [3.05, 3.63) is 22.2 Å². The summed E-state index contributed by atoms with van der Waals surface area (Å²) >= 11 is 12.3. The van der Waals surface area contributed by atoms with Crippen molar-refractivity contribution in [3.63, 3.8) is 0 Å². The standard InChI is InChI=1S/C22H27Cl2FN4O3/c1-4-29(21(30)13(2)3)14-5-6-28(9-14)19-20(32-12-22(25)10-31-11-22)27-18-8-16(24)15(23)7-17(18)26-19/h7-8,13-14H,4-6,9-12H2,1-3H3/t14-/m0/s1. The molecule has 174 valence electrons. The zero-order valence-electron chi connectivity index (χ0n) is 18.4. The van der Waals surface area contributed by atoms with Gasteiger partial charge in [-0.1, -0.05) is 37.0 Å². The maximum absolute atomic E-state index is 14.5. The van der Waals surface area contributed by atoms with Crippen molar-refractivity contribution >= 4 is 46.0 Å². The van der Waals surface area contributed by atoms with E-state index in [2.05, 4.69) is 4.98 Å². The number of alkyl halides is 1. The molecule has 1 aromatic carbocycles. The Kier molecular flexibility index (Phi) is 6.66. The molecule has 2 saturated heterocycles. The Balaban J connectivity index is 1.64. The van der Waals surface area contributed by atoms with Crippen LogP contribution in [0.5, 0.6) is 5.88 Å². The number of aromatic nitrogens is 2. The van der Waals surface area contributed by atoms with Crippen LogP contribution < -0.4 is 9.64 Å². The Morgan fingerprint density at radius 2 is 1.97 bits per heavy atom. The van der Waals surface area contributed by atoms with Crippen molar-refractivity contribution in [2.45, 2.75) is 38.9 Å². The molecular weight excluding hydrogens is 458 g/mol. The Morgan fingerprint density at radius 3 is 2.53 bits per heavy atom. The van der Waals surface area contributed by atoms with Crippen LogP contribution in [0.15, 0.2) is 12.1 Å². The second-order valence-corrected chi connectivity index (χ2v) is 9.52. The summed E-state index contributed by atoms with van der Waals surface area (Å²) in [7, 11) is 0. The lowest BCUT2D eigenvalue weighted by Crippen LogP contribution is -2.50. The van der Waals surface area contributed by atoms with E-state index < -0.39 is 5.67 Å². The molecule has 10 heteroatoms. The van der Waals surface area contributed by atoms with Gasteiger partial charge in [0.05, 0.1) is 40.3 Å². The van der Waals surface area contributed by atoms with E-state index >= 15 is 0 Å². The Hall–Kier alpha value is -1.90. The van der Waals surface area contributed by atoms with Crippen LogP contribution in [0, 0.1) is 5.92 Å². The zero-order valence-corrected chi connectivity index (χ0v) is 19.9. The molecule has 0 aliphatic carbocycles. The molecule has 0 unspecified atom stereocenters. The topological polar surface area (TPSA) is 67.8 Å². The third kappa shape index (κ3) is 4.58. The lowest BCUT2D eigenvalue weighted by molar-refractivity contribution is -0.146. The number of likely N-dealkylation sites (N-methyl/N-ethyl adjacent to an activating group) is 1. The maximum Gasteiger partial charge on any atom is 0.258 e. The van der Waals surface area contributed by atoms with Gasteiger partial charge in [-0.25, -0.2) is 14.4 Å². The zero-order chi connectivity index (χ0) is 23.0. The normalized spacial score (nSPS) is 20.0. The highest BCUT2D eigenvalue weighted by Crippen LogP contribution is 2.35. The predicted octanol–water partition coefficient (Wildman–Crippen LogP) is 4.14. The van der Waals surface area contributed by atoms with E-state index in [9.17, 15) is 9.18 Å². The van der Waals surface area contributed by atoms with Crippen molar-refractivity contribution in [2.24, 2.45) is 5.92 Å². The number of fused-ring (bicyclic) bond motifs is 1. The molecule has 0 saturated carbocycles. The van der Waals surface area contributed by atoms with Gasteiger partial charge in [0.25, 0.3) is 5.88 Å². The number of carbonyl (C=O) groups is 1. The summed E-state index contributed by atoms with van der Waals surface area (Å²) in [4.78, 5) is 25.9. The van der Waals surface area contributed by atoms with E-state index in [0.29, 0.717) is 46.5 Å². The largest absolute Gasteiger partial charge is 0.471 e. The molecule has 0 N–H and O–H groups in total. The molecule has 1 atom stereocenters. The van der Waals surface area contributed by atoms with Gasteiger partial charge in [0, 0.05) is 25.6 Å². The number of amides is 1. The molecule has 2 aromatic rings. The van der Waals surface area contributed by atoms with Crippen LogP contribution in [0.25, 0.3) is 11.0 Å². The fourth-order valence-electron chi connectivity index (χ4n) is 4.05. The van der Waals surface area contributed by atoms with E-state index in [4.69, 9.17) is 37.7 Å². The third-order valence-corrected chi connectivity index (χ3v) is 6.59. The van der Waals surface area contributed by atoms with Crippen molar-refractivity contribution in [1.29, 1.82) is 0 Å². The molecule has 1 aromatic heterocycles. The highest BCUT2D eigenvalue weighted by Gasteiger charge is 2.41. The third-order valence-electron chi connectivity index (χ3n) is 5.87. The quantitative estimate of drug-likeness (QED) is 0.588. The van der Waals surface area contributed by atoms with Gasteiger partial charge in [-0.05, 0) is 25.5 Å². The summed E-state index contributed by atoms with van der Waals surface area (Å²) in [5, 5.41) is 0.731. The summed E-state index contributed by atoms with van der Waals surface area (Å²) in [6.07, 6.45) is 0.799. The van der Waals surface area contributed by atoms with Crippen LogP contribution in [0.2, 0.25) is 10.0 Å². The minimum absolute atomic E-state index is 0.000653. The first kappa shape index (κ1) is 23.3. The first-order valence-corrected chi connectivity index (χ1v) is 11.6. The number of halogens is 3. The fourth-order valence-corrected chi connectivity index (χ4v) is 4.36. The highest BCUT2D eigenvalue weighted by molar-refractivity contribution is 6.42. The minimum atomic E-state index is -1.53. The Morgan fingerprint density at radius 1 is 1.31 bits per heavy atom. The van der Waals surface area contributed by atoms with E-state index in [-0.39, 0.29) is 43.6 Å². The average molecular weight is 485 g/mol. The summed E-state index contributed by atoms with van der Waals surface area (Å²) < 4.78 is 25.3. The first-order chi connectivity index (χ1) is 15.2. The molecule has 4 rings (SSSR count). The fraction of sp³-hybridized carbons (Fsp3) is 0.591. The van der Waals surface area contributed by atoms with Crippen LogP contribution in [0.4, 0.5) is 10.2 Å². The van der Waals surface area contributed by atoms with Crippen molar-refractivity contribution in [1.82, 2.24) is 14.9 Å². The molecule has 2 fully saturated rings. The molecule has 1 amide bonds. The Labute approximate surface area is 196 Å². The van der Waals surface area contributed by atoms with E-state index in [1.54, 1.807) is 12.1 Å². The average Bonchev–Trinajstić information content (AvgIpc) is 3.21. The van der Waals surface area contributed by atoms with Crippen LogP contribution in [0.1, 0.15) is 27.2 Å². The number of anilines is 1. The molecular formula is C22H27Cl2FN4O3. The van der Waals surface area contributed by atoms with E-state index in [1.807, 2.05) is 30.6 Å². The Bertz CT molecular complexity index is 1020. The van der Waals surface area contributed by atoms with Gasteiger partial charge >= 0.3 is 0 Å². The van der Waals surface area contributed by atoms with Gasteiger partial charge in [0.1, 0.15) is 6.61 Å². The minimum Gasteiger partial charge on any atom is -0.471 e. The van der Waals surface area contributed by atoms with Gasteiger partial charge < -0.3 is 19.3 Å². The second kappa shape index (κ2) is 9.15. The predicted molar refractivity (Wildman–Crippen MR) is 123 cm³/mol. The van der Waals surface area contributed by atoms with E-state index in [1.165, 1.54) is 0 Å². The van der Waals surface area contributed by atoms with Gasteiger partial charge in [-0.3, -0.25) is 4.79 Å². The molecule has 2 aliphatic heterocycles. The maximum atomic E-state index is 14.5. The number of hydrogen-bond donors (Lipinski definition) is 0. The molecule has 0 spiro atoms. The van der Waals surface area contributed by atoms with Gasteiger partial charge in [0.2, 0.25) is 5.91 Å². The summed E-state index contributed by atoms with van der Waals surface area (Å²) in [5.41, 5.74) is -0.448. The summed E-state index contributed by atoms with van der Waals surface area (Å²) in [5.74, 6) is 0.806. The number of hydrogen-bond acceptors (Lipinski definition) is 6. The van der Waals surface area contributed by atoms with Gasteiger partial charge in [-0.15, -0.1) is 0 Å². The van der Waals surface area contributed by atoms with E-state index in [0.717, 1.165) is 6.42 Å². The van der Waals surface area contributed by atoms with Crippen molar-refractivity contribution in [3.8, 4) is 5.88 Å². The number of benzene rings is 1. The summed E-state index contributed by atoms with van der Waals surface area (Å²) in [6.45, 7) is 7.53. The van der Waals surface area contributed by atoms with Gasteiger partial charge in [-0.2, -0.15) is 0 Å². The molecule has 2 aliphatic rings. The van der Waals surface area contributed by atoms with Crippen molar-refractivity contribution in [2.75, 3.05) is 44.4 Å². The highest BCUT2D eigenvalue weighted by atomic mass is 35.5. The smallest absolute Gasteiger partial charge is 0.258 e. The number of carbonyl (C=O) groups excluding carboxylic acids is 1. The van der Waals surface area contributed by atoms with Crippen LogP contribution in [0.3, 0.4) is 0 Å². The number of rotatable bonds is 7. The molecule has 7 nitrogen and oxygen atoms in total. The number of ether oxygens (including phenoxy) is 2. The molecule has 32 heavy (non-hydrogen) atoms. The molecule has 3 heterocycles. The summed E-state index contributed by atoms with van der Waals surface area (Å²) in [6, 6.07) is 3.33. The first-order valence-electron chi connectivity index (χ1n) is 10.8. The van der Waals surface area contributed by atoms with Gasteiger partial charge in [0.15, 0.2) is 11.5 Å². The van der Waals surface area contributed by atoms with Crippen LogP contribution >= 0.6 is 23.2 Å². The molecule has 0 bridgehead atoms. The van der Waals surface area contributed by atoms with Crippen molar-refractivity contribution < 1.29 is 18.7 Å². The number of nitrogens with zero attached hydrogens (tertiary/aromatic N) is 4. The SMILES string of the molecule is CCN(C(=O)C(C)C)[C@H]1CCN(c2nc3cc(Cl)c(Cl)cc3nc2OCC2(F)COC2)C1. The second-order valence-electron chi connectivity index (χ2n) is 8.71. The molecule has 0 radical (unpaired) electrons. The lowest BCUT2D eigenvalue weighted by atomic mass is 10.1. The lowest BCUT2D eigenvalue weighted by Gasteiger charge is -2.33.